The van der Waals surface area contributed by atoms with Crippen LogP contribution in [0, 0.1) is 11.8 Å². The molecule has 1 aliphatic carbocycles. The number of hydrogen-bond acceptors (Lipinski definition) is 8. The van der Waals surface area contributed by atoms with Crippen molar-refractivity contribution in [3.8, 4) is 0 Å². The number of aromatic carboxylic acids is 1. The summed E-state index contributed by atoms with van der Waals surface area (Å²) >= 11 is 1.11. The number of nitrogens with one attached hydrogen (secondary N) is 1. The molecule has 0 bridgehead atoms. The molecule has 1 unspecified atom stereocenters. The van der Waals surface area contributed by atoms with Crippen molar-refractivity contribution in [2.24, 2.45) is 11.8 Å². The van der Waals surface area contributed by atoms with E-state index in [0.29, 0.717) is 5.01 Å². The van der Waals surface area contributed by atoms with E-state index < -0.39 is 24.1 Å². The molecule has 200 valence electrons. The highest BCUT2D eigenvalue weighted by Crippen LogP contribution is 2.35. The molecule has 3 rings (SSSR count). The molecular weight excluding hydrogens is 484 g/mol. The molecular formula is C25H38N4O6S. The van der Waals surface area contributed by atoms with Crippen LogP contribution in [0.4, 0.5) is 0 Å². The lowest BCUT2D eigenvalue weighted by molar-refractivity contribution is -0.149. The number of carbonyl (C=O) groups is 4. The van der Waals surface area contributed by atoms with Gasteiger partial charge in [-0.15, -0.1) is 11.3 Å². The van der Waals surface area contributed by atoms with Gasteiger partial charge < -0.3 is 20.1 Å². The summed E-state index contributed by atoms with van der Waals surface area (Å²) in [5, 5.41) is 14.1. The lowest BCUT2D eigenvalue weighted by atomic mass is 9.95. The summed E-state index contributed by atoms with van der Waals surface area (Å²) in [6.07, 6.45) is 4.12. The van der Waals surface area contributed by atoms with Gasteiger partial charge in [0.05, 0.1) is 6.04 Å². The summed E-state index contributed by atoms with van der Waals surface area (Å²) in [4.78, 5) is 57.8. The van der Waals surface area contributed by atoms with Crippen molar-refractivity contribution in [1.82, 2.24) is 20.1 Å². The summed E-state index contributed by atoms with van der Waals surface area (Å²) in [6.45, 7) is 6.11. The number of amides is 2. The topological polar surface area (TPSA) is 129 Å². The van der Waals surface area contributed by atoms with Gasteiger partial charge in [-0.05, 0) is 51.1 Å². The number of likely N-dealkylation sites (tertiary alicyclic amines) is 1. The van der Waals surface area contributed by atoms with Crippen LogP contribution in [0.5, 0.6) is 0 Å². The van der Waals surface area contributed by atoms with E-state index in [0.717, 1.165) is 50.0 Å². The van der Waals surface area contributed by atoms with Gasteiger partial charge in [0.2, 0.25) is 11.8 Å². The lowest BCUT2D eigenvalue weighted by Crippen LogP contribution is -2.56. The number of carbonyl (C=O) groups excluding carboxylic acids is 3. The number of carboxylic acid groups (broad SMARTS) is 1. The predicted octanol–water partition coefficient (Wildman–Crippen LogP) is 2.70. The van der Waals surface area contributed by atoms with Crippen LogP contribution in [-0.4, -0.2) is 82.4 Å². The summed E-state index contributed by atoms with van der Waals surface area (Å²) in [5.74, 6) is -1.79. The molecule has 1 saturated heterocycles. The number of piperidine rings is 1. The number of aromatic nitrogens is 1. The van der Waals surface area contributed by atoms with Crippen molar-refractivity contribution in [3.63, 3.8) is 0 Å². The molecule has 0 aromatic carbocycles. The number of carboxylic acids is 1. The second-order valence-corrected chi connectivity index (χ2v) is 11.2. The van der Waals surface area contributed by atoms with Crippen LogP contribution in [0.15, 0.2) is 5.38 Å². The third kappa shape index (κ3) is 7.03. The Labute approximate surface area is 216 Å². The number of likely N-dealkylation sites (N-methyl/N-ethyl adjacent to an activating group) is 2. The largest absolute Gasteiger partial charge is 0.476 e. The maximum absolute atomic E-state index is 13.7. The van der Waals surface area contributed by atoms with Crippen molar-refractivity contribution in [1.29, 1.82) is 0 Å². The van der Waals surface area contributed by atoms with Crippen molar-refractivity contribution >= 4 is 35.1 Å². The second-order valence-electron chi connectivity index (χ2n) is 10.3. The predicted molar refractivity (Wildman–Crippen MR) is 135 cm³/mol. The Kier molecular flexibility index (Phi) is 9.46. The van der Waals surface area contributed by atoms with E-state index in [1.807, 2.05) is 20.9 Å². The Bertz CT molecular complexity index is 962. The molecule has 1 aromatic heterocycles. The van der Waals surface area contributed by atoms with E-state index in [1.165, 1.54) is 12.3 Å². The van der Waals surface area contributed by atoms with Crippen LogP contribution in [0.25, 0.3) is 0 Å². The Morgan fingerprint density at radius 3 is 2.47 bits per heavy atom. The van der Waals surface area contributed by atoms with Gasteiger partial charge in [-0.3, -0.25) is 19.3 Å². The third-order valence-electron chi connectivity index (χ3n) is 7.13. The van der Waals surface area contributed by atoms with Gasteiger partial charge in [0, 0.05) is 31.8 Å². The molecule has 1 aliphatic heterocycles. The lowest BCUT2D eigenvalue weighted by Gasteiger charge is -2.37. The molecule has 4 atom stereocenters. The number of rotatable bonds is 11. The highest BCUT2D eigenvalue weighted by molar-refractivity contribution is 7.09. The van der Waals surface area contributed by atoms with Gasteiger partial charge >= 0.3 is 11.9 Å². The van der Waals surface area contributed by atoms with Crippen LogP contribution < -0.4 is 5.32 Å². The van der Waals surface area contributed by atoms with Gasteiger partial charge in [-0.2, -0.15) is 0 Å². The van der Waals surface area contributed by atoms with Crippen LogP contribution >= 0.6 is 11.3 Å². The van der Waals surface area contributed by atoms with Crippen LogP contribution in [-0.2, 0) is 19.1 Å². The number of thiazole rings is 1. The number of ether oxygens (including phenoxy) is 1. The average Bonchev–Trinajstić information content (AvgIpc) is 3.53. The first-order chi connectivity index (χ1) is 17.0. The van der Waals surface area contributed by atoms with E-state index in [9.17, 15) is 24.3 Å². The Morgan fingerprint density at radius 1 is 1.25 bits per heavy atom. The average molecular weight is 523 g/mol. The van der Waals surface area contributed by atoms with Gasteiger partial charge in [0.15, 0.2) is 11.8 Å². The molecule has 36 heavy (non-hydrogen) atoms. The molecule has 0 radical (unpaired) electrons. The first-order valence-electron chi connectivity index (χ1n) is 12.6. The van der Waals surface area contributed by atoms with E-state index in [-0.39, 0.29) is 47.8 Å². The minimum Gasteiger partial charge on any atom is -0.476 e. The summed E-state index contributed by atoms with van der Waals surface area (Å²) < 4.78 is 5.52. The first kappa shape index (κ1) is 28.0. The number of hydrogen-bond donors (Lipinski definition) is 2. The Balaban J connectivity index is 1.76. The van der Waals surface area contributed by atoms with E-state index in [1.54, 1.807) is 11.9 Å². The van der Waals surface area contributed by atoms with E-state index in [4.69, 9.17) is 4.74 Å². The number of nitrogens with zero attached hydrogens (tertiary/aromatic N) is 3. The van der Waals surface area contributed by atoms with Gasteiger partial charge in [0.25, 0.3) is 0 Å². The summed E-state index contributed by atoms with van der Waals surface area (Å²) in [5.41, 5.74) is -0.109. The maximum atomic E-state index is 13.7. The van der Waals surface area contributed by atoms with Crippen molar-refractivity contribution in [2.45, 2.75) is 83.5 Å². The fourth-order valence-electron chi connectivity index (χ4n) is 4.88. The standard InChI is InChI=1S/C25H38N4O6S/c1-14(2)19(12-20(35-15(3)30)23-26-17(13-36-23)25(33)34)29(5)24(32)21(16-9-10-16)27-22(31)18-8-6-7-11-28(18)4/h13-14,16,18-21H,6-12H2,1-5H3,(H,27,31)(H,33,34)/t18-,19?,20-,21+/m1/s1. The van der Waals surface area contributed by atoms with E-state index >= 15 is 0 Å². The SMILES string of the molecule is CC(=O)O[C@H](CC(C(C)C)N(C)C(=O)[C@@H](NC(=O)[C@H]1CCCCN1C)C1CC1)c1nc(C(=O)O)cs1. The van der Waals surface area contributed by atoms with Crippen molar-refractivity contribution in [3.05, 3.63) is 16.1 Å². The van der Waals surface area contributed by atoms with Crippen LogP contribution in [0.1, 0.15) is 80.9 Å². The molecule has 1 saturated carbocycles. The zero-order chi connectivity index (χ0) is 26.6. The molecule has 2 amide bonds. The fourth-order valence-corrected chi connectivity index (χ4v) is 5.71. The first-order valence-corrected chi connectivity index (χ1v) is 13.5. The smallest absolute Gasteiger partial charge is 0.355 e. The fraction of sp³-hybridized carbons (Fsp3) is 0.720. The second kappa shape index (κ2) is 12.1. The van der Waals surface area contributed by atoms with Crippen molar-refractivity contribution < 1.29 is 29.0 Å². The molecule has 1 aromatic rings. The molecule has 2 N–H and O–H groups in total. The maximum Gasteiger partial charge on any atom is 0.355 e. The van der Waals surface area contributed by atoms with Crippen LogP contribution in [0.2, 0.25) is 0 Å². The molecule has 0 spiro atoms. The zero-order valence-electron chi connectivity index (χ0n) is 21.7. The highest BCUT2D eigenvalue weighted by Gasteiger charge is 2.42. The van der Waals surface area contributed by atoms with Crippen LogP contribution in [0.3, 0.4) is 0 Å². The zero-order valence-corrected chi connectivity index (χ0v) is 22.5. The van der Waals surface area contributed by atoms with E-state index in [2.05, 4.69) is 15.2 Å². The van der Waals surface area contributed by atoms with Crippen molar-refractivity contribution in [2.75, 3.05) is 20.6 Å². The summed E-state index contributed by atoms with van der Waals surface area (Å²) in [7, 11) is 3.67. The molecule has 2 fully saturated rings. The third-order valence-corrected chi connectivity index (χ3v) is 8.06. The molecule has 11 heteroatoms. The Hall–Kier alpha value is -2.53. The summed E-state index contributed by atoms with van der Waals surface area (Å²) in [6, 6.07) is -1.14. The quantitative estimate of drug-likeness (QED) is 0.425. The molecule has 2 aliphatic rings. The van der Waals surface area contributed by atoms with Gasteiger partial charge in [0.1, 0.15) is 11.0 Å². The van der Waals surface area contributed by atoms with Gasteiger partial charge in [-0.25, -0.2) is 9.78 Å². The molecule has 2 heterocycles. The molecule has 10 nitrogen and oxygen atoms in total. The normalized spacial score (nSPS) is 20.9. The van der Waals surface area contributed by atoms with Gasteiger partial charge in [-0.1, -0.05) is 20.3 Å². The minimum absolute atomic E-state index is 0.0101. The number of esters is 1. The highest BCUT2D eigenvalue weighted by atomic mass is 32.1. The Morgan fingerprint density at radius 2 is 1.94 bits per heavy atom. The minimum atomic E-state index is -1.15. The monoisotopic (exact) mass is 522 g/mol.